The van der Waals surface area contributed by atoms with Crippen molar-refractivity contribution in [1.29, 1.82) is 0 Å². The molecule has 0 aliphatic carbocycles. The summed E-state index contributed by atoms with van der Waals surface area (Å²) < 4.78 is 0. The highest BCUT2D eigenvalue weighted by Gasteiger charge is 1.91. The van der Waals surface area contributed by atoms with E-state index in [4.69, 9.17) is 0 Å². The molecule has 0 saturated carbocycles. The predicted molar refractivity (Wildman–Crippen MR) is 31.4 cm³/mol. The summed E-state index contributed by atoms with van der Waals surface area (Å²) in [6.07, 6.45) is 3.45. The van der Waals surface area contributed by atoms with Gasteiger partial charge in [-0.25, -0.2) is 0 Å². The first kappa shape index (κ1) is 4.61. The largest absolute Gasteiger partial charge is 0.262 e. The van der Waals surface area contributed by atoms with E-state index in [1.807, 2.05) is 6.07 Å². The summed E-state index contributed by atoms with van der Waals surface area (Å²) in [5.41, 5.74) is 0. The molecule has 1 aromatic heterocycles. The number of aromatic nitrogens is 1. The Kier molecular flexibility index (Phi) is 0.828. The monoisotopic (exact) mass is 119 g/mol. The highest BCUT2D eigenvalue weighted by molar-refractivity contribution is 4.93. The van der Waals surface area contributed by atoms with E-state index < -0.39 is 0 Å². The molecule has 0 spiro atoms. The molecule has 1 aliphatic rings. The molecule has 3 nitrogen and oxygen atoms in total. The van der Waals surface area contributed by atoms with Crippen LogP contribution in [-0.4, -0.2) is 11.7 Å². The Balaban J connectivity index is 2.97. The van der Waals surface area contributed by atoms with Gasteiger partial charge in [0.2, 0.25) is 0 Å². The second kappa shape index (κ2) is 1.62. The Hall–Kier alpha value is -1.25. The first-order valence-electron chi connectivity index (χ1n) is 2.76. The lowest BCUT2D eigenvalue weighted by Gasteiger charge is -1.75. The molecule has 2 heterocycles. The van der Waals surface area contributed by atoms with Crippen molar-refractivity contribution in [3.05, 3.63) is 29.2 Å². The molecule has 1 aromatic rings. The van der Waals surface area contributed by atoms with Crippen LogP contribution in [0, 0.1) is 0 Å². The normalized spacial score (nSPS) is 13.8. The van der Waals surface area contributed by atoms with Crippen LogP contribution in [-0.2, 0) is 0 Å². The maximum atomic E-state index is 4.09. The first-order valence-corrected chi connectivity index (χ1v) is 2.76. The molecule has 44 valence electrons. The lowest BCUT2D eigenvalue weighted by Crippen LogP contribution is -2.20. The molecule has 1 aliphatic heterocycles. The van der Waals surface area contributed by atoms with E-state index in [9.17, 15) is 0 Å². The van der Waals surface area contributed by atoms with E-state index in [-0.39, 0.29) is 0 Å². The zero-order valence-electron chi connectivity index (χ0n) is 4.78. The van der Waals surface area contributed by atoms with Crippen molar-refractivity contribution in [2.24, 2.45) is 9.98 Å². The molecule has 0 unspecified atom stereocenters. The maximum Gasteiger partial charge on any atom is 0.131 e. The molecule has 0 atom stereocenters. The lowest BCUT2D eigenvalue weighted by atomic mass is 10.4. The third-order valence-electron chi connectivity index (χ3n) is 1.26. The van der Waals surface area contributed by atoms with Gasteiger partial charge in [-0.2, -0.15) is 0 Å². The Morgan fingerprint density at radius 2 is 2.11 bits per heavy atom. The van der Waals surface area contributed by atoms with E-state index in [1.165, 1.54) is 0 Å². The van der Waals surface area contributed by atoms with Crippen molar-refractivity contribution < 1.29 is 0 Å². The topological polar surface area (TPSA) is 37.6 Å². The van der Waals surface area contributed by atoms with Gasteiger partial charge in [0.15, 0.2) is 0 Å². The summed E-state index contributed by atoms with van der Waals surface area (Å²) in [6, 6.07) is 1.87. The first-order chi connectivity index (χ1) is 4.47. The van der Waals surface area contributed by atoms with Crippen molar-refractivity contribution in [3.8, 4) is 0 Å². The van der Waals surface area contributed by atoms with Crippen molar-refractivity contribution in [3.63, 3.8) is 0 Å². The fourth-order valence-electron chi connectivity index (χ4n) is 0.822. The van der Waals surface area contributed by atoms with E-state index in [0.29, 0.717) is 6.67 Å². The van der Waals surface area contributed by atoms with Crippen LogP contribution in [0.1, 0.15) is 0 Å². The molecule has 0 fully saturated rings. The third kappa shape index (κ3) is 0.614. The standard InChI is InChI=1S/C6H5N3/c1-2-7-3-6-5(1)8-4-9-6/h1-3H,4H2. The number of rotatable bonds is 0. The van der Waals surface area contributed by atoms with Crippen LogP contribution >= 0.6 is 0 Å². The molecule has 0 radical (unpaired) electrons. The molecule has 0 saturated heterocycles. The van der Waals surface area contributed by atoms with Gasteiger partial charge in [-0.1, -0.05) is 0 Å². The molecule has 0 N–H and O–H groups in total. The van der Waals surface area contributed by atoms with Gasteiger partial charge in [0.05, 0.1) is 11.6 Å². The van der Waals surface area contributed by atoms with Crippen LogP contribution in [0.3, 0.4) is 0 Å². The van der Waals surface area contributed by atoms with E-state index in [1.54, 1.807) is 12.4 Å². The summed E-state index contributed by atoms with van der Waals surface area (Å²) in [5.74, 6) is 0. The fourth-order valence-corrected chi connectivity index (χ4v) is 0.822. The molecular formula is C6H5N3. The predicted octanol–water partition coefficient (Wildman–Crippen LogP) is -0.708. The maximum absolute atomic E-state index is 4.09. The molecule has 0 amide bonds. The fraction of sp³-hybridized carbons (Fsp3) is 0.167. The molecule has 2 rings (SSSR count). The van der Waals surface area contributed by atoms with E-state index in [0.717, 1.165) is 10.7 Å². The van der Waals surface area contributed by atoms with Crippen molar-refractivity contribution in [2.45, 2.75) is 0 Å². The average molecular weight is 119 g/mol. The smallest absolute Gasteiger partial charge is 0.131 e. The zero-order valence-corrected chi connectivity index (χ0v) is 4.78. The van der Waals surface area contributed by atoms with Crippen molar-refractivity contribution in [2.75, 3.05) is 6.67 Å². The second-order valence-electron chi connectivity index (χ2n) is 1.82. The average Bonchev–Trinajstić information content (AvgIpc) is 2.33. The highest BCUT2D eigenvalue weighted by atomic mass is 15.0. The Morgan fingerprint density at radius 3 is 3.00 bits per heavy atom. The van der Waals surface area contributed by atoms with Crippen molar-refractivity contribution >= 4 is 0 Å². The van der Waals surface area contributed by atoms with Crippen LogP contribution in [0.15, 0.2) is 28.4 Å². The van der Waals surface area contributed by atoms with Gasteiger partial charge < -0.3 is 0 Å². The Labute approximate surface area is 51.8 Å². The second-order valence-corrected chi connectivity index (χ2v) is 1.82. The third-order valence-corrected chi connectivity index (χ3v) is 1.26. The summed E-state index contributed by atoms with van der Waals surface area (Å²) in [6.45, 7) is 0.570. The van der Waals surface area contributed by atoms with Gasteiger partial charge in [0.1, 0.15) is 12.0 Å². The van der Waals surface area contributed by atoms with Gasteiger partial charge in [-0.15, -0.1) is 0 Å². The SMILES string of the molecule is c1cc2c(cn1)=NCN=2. The van der Waals surface area contributed by atoms with E-state index >= 15 is 0 Å². The van der Waals surface area contributed by atoms with Crippen LogP contribution in [0.4, 0.5) is 0 Å². The minimum absolute atomic E-state index is 0.570. The number of hydrogen-bond donors (Lipinski definition) is 0. The molecule has 3 heteroatoms. The van der Waals surface area contributed by atoms with Gasteiger partial charge in [0.25, 0.3) is 0 Å². The minimum Gasteiger partial charge on any atom is -0.262 e. The van der Waals surface area contributed by atoms with Crippen LogP contribution in [0.5, 0.6) is 0 Å². The minimum atomic E-state index is 0.570. The summed E-state index contributed by atoms with van der Waals surface area (Å²) in [7, 11) is 0. The van der Waals surface area contributed by atoms with Gasteiger partial charge in [-0.05, 0) is 6.07 Å². The van der Waals surface area contributed by atoms with Crippen LogP contribution in [0.2, 0.25) is 0 Å². The number of hydrogen-bond acceptors (Lipinski definition) is 3. The van der Waals surface area contributed by atoms with E-state index in [2.05, 4.69) is 15.0 Å². The number of nitrogens with zero attached hydrogens (tertiary/aromatic N) is 3. The Morgan fingerprint density at radius 1 is 1.22 bits per heavy atom. The lowest BCUT2D eigenvalue weighted by molar-refractivity contribution is 1.06. The van der Waals surface area contributed by atoms with Gasteiger partial charge in [-0.3, -0.25) is 15.0 Å². The zero-order chi connectivity index (χ0) is 6.10. The number of pyridine rings is 1. The van der Waals surface area contributed by atoms with Crippen molar-refractivity contribution in [1.82, 2.24) is 4.98 Å². The molecule has 9 heavy (non-hydrogen) atoms. The molecule has 0 aromatic carbocycles. The number of fused-ring (bicyclic) bond motifs is 1. The molecule has 0 bridgehead atoms. The van der Waals surface area contributed by atoms with Crippen LogP contribution in [0.25, 0.3) is 0 Å². The summed E-state index contributed by atoms with van der Waals surface area (Å²) >= 11 is 0. The quantitative estimate of drug-likeness (QED) is 0.444. The summed E-state index contributed by atoms with van der Waals surface area (Å²) in [5, 5.41) is 1.88. The highest BCUT2D eigenvalue weighted by Crippen LogP contribution is 1.74. The summed E-state index contributed by atoms with van der Waals surface area (Å²) in [4.78, 5) is 12.1. The van der Waals surface area contributed by atoms with Crippen LogP contribution < -0.4 is 10.7 Å². The Bertz CT molecular complexity index is 295. The van der Waals surface area contributed by atoms with Gasteiger partial charge >= 0.3 is 0 Å². The molecular weight excluding hydrogens is 114 g/mol. The van der Waals surface area contributed by atoms with Gasteiger partial charge in [0, 0.05) is 6.20 Å².